The lowest BCUT2D eigenvalue weighted by Gasteiger charge is -2.39. The van der Waals surface area contributed by atoms with E-state index in [-0.39, 0.29) is 12.2 Å². The predicted molar refractivity (Wildman–Crippen MR) is 94.8 cm³/mol. The summed E-state index contributed by atoms with van der Waals surface area (Å²) >= 11 is 0. The van der Waals surface area contributed by atoms with Crippen molar-refractivity contribution in [3.63, 3.8) is 0 Å². The molecule has 1 aliphatic heterocycles. The van der Waals surface area contributed by atoms with E-state index < -0.39 is 0 Å². The highest BCUT2D eigenvalue weighted by Gasteiger charge is 2.44. The molecular weight excluding hydrogens is 316 g/mol. The predicted octanol–water partition coefficient (Wildman–Crippen LogP) is 2.90. The Morgan fingerprint density at radius 3 is 2.80 bits per heavy atom. The van der Waals surface area contributed by atoms with Crippen molar-refractivity contribution in [3.8, 4) is 11.5 Å². The highest BCUT2D eigenvalue weighted by molar-refractivity contribution is 5.27. The van der Waals surface area contributed by atoms with Gasteiger partial charge in [0.2, 0.25) is 0 Å². The Bertz CT molecular complexity index is 677. The Kier molecular flexibility index (Phi) is 4.85. The standard InChI is InChI=1S/C20H24N2O3/c1-23-16-6-4-15(5-7-16)14-22-11-12-24-20-18(22)8-9-19(20)25-17-3-2-10-21-13-17/h2-7,10,13,18-20H,8-9,11-12,14H2,1H3/t18-,19-,20+/m0/s1. The number of rotatable bonds is 5. The van der Waals surface area contributed by atoms with Crippen LogP contribution in [0.5, 0.6) is 11.5 Å². The van der Waals surface area contributed by atoms with Crippen LogP contribution in [0.1, 0.15) is 18.4 Å². The molecule has 0 amide bonds. The van der Waals surface area contributed by atoms with Crippen LogP contribution in [-0.2, 0) is 11.3 Å². The van der Waals surface area contributed by atoms with Gasteiger partial charge in [0.05, 0.1) is 19.9 Å². The maximum absolute atomic E-state index is 6.14. The number of hydrogen-bond acceptors (Lipinski definition) is 5. The monoisotopic (exact) mass is 340 g/mol. The second-order valence-electron chi connectivity index (χ2n) is 6.64. The molecule has 2 fully saturated rings. The second-order valence-corrected chi connectivity index (χ2v) is 6.64. The molecule has 0 radical (unpaired) electrons. The largest absolute Gasteiger partial charge is 0.497 e. The maximum atomic E-state index is 6.14. The van der Waals surface area contributed by atoms with Gasteiger partial charge in [-0.2, -0.15) is 0 Å². The number of morpholine rings is 1. The summed E-state index contributed by atoms with van der Waals surface area (Å²) in [6.45, 7) is 2.66. The topological polar surface area (TPSA) is 43.8 Å². The van der Waals surface area contributed by atoms with Gasteiger partial charge in [0.25, 0.3) is 0 Å². The van der Waals surface area contributed by atoms with Gasteiger partial charge >= 0.3 is 0 Å². The molecule has 1 aliphatic carbocycles. The third-order valence-electron chi connectivity index (χ3n) is 5.12. The van der Waals surface area contributed by atoms with Crippen LogP contribution in [-0.4, -0.2) is 48.4 Å². The molecule has 5 heteroatoms. The van der Waals surface area contributed by atoms with Crippen LogP contribution in [0.15, 0.2) is 48.8 Å². The molecule has 1 aromatic heterocycles. The summed E-state index contributed by atoms with van der Waals surface area (Å²) in [6.07, 6.45) is 5.89. The minimum Gasteiger partial charge on any atom is -0.497 e. The molecule has 25 heavy (non-hydrogen) atoms. The smallest absolute Gasteiger partial charge is 0.138 e. The van der Waals surface area contributed by atoms with Crippen molar-refractivity contribution in [2.24, 2.45) is 0 Å². The van der Waals surface area contributed by atoms with Gasteiger partial charge in [0.1, 0.15) is 23.7 Å². The summed E-state index contributed by atoms with van der Waals surface area (Å²) in [7, 11) is 1.70. The van der Waals surface area contributed by atoms with Crippen molar-refractivity contribution in [2.75, 3.05) is 20.3 Å². The quantitative estimate of drug-likeness (QED) is 0.837. The molecule has 0 N–H and O–H groups in total. The van der Waals surface area contributed by atoms with Crippen LogP contribution < -0.4 is 9.47 Å². The summed E-state index contributed by atoms with van der Waals surface area (Å²) in [6, 6.07) is 12.6. The van der Waals surface area contributed by atoms with Gasteiger partial charge in [-0.3, -0.25) is 9.88 Å². The summed E-state index contributed by atoms with van der Waals surface area (Å²) in [5.41, 5.74) is 1.30. The third-order valence-corrected chi connectivity index (χ3v) is 5.12. The molecule has 3 atom stereocenters. The average molecular weight is 340 g/mol. The van der Waals surface area contributed by atoms with E-state index in [1.165, 1.54) is 5.56 Å². The zero-order valence-electron chi connectivity index (χ0n) is 14.5. The van der Waals surface area contributed by atoms with E-state index in [0.29, 0.717) is 6.04 Å². The number of hydrogen-bond donors (Lipinski definition) is 0. The van der Waals surface area contributed by atoms with E-state index in [0.717, 1.165) is 44.0 Å². The zero-order chi connectivity index (χ0) is 17.1. The van der Waals surface area contributed by atoms with Crippen molar-refractivity contribution >= 4 is 0 Å². The fourth-order valence-electron chi connectivity index (χ4n) is 3.87. The molecule has 2 aliphatic rings. The van der Waals surface area contributed by atoms with Crippen molar-refractivity contribution in [1.29, 1.82) is 0 Å². The molecule has 0 bridgehead atoms. The van der Waals surface area contributed by atoms with Crippen LogP contribution >= 0.6 is 0 Å². The van der Waals surface area contributed by atoms with Gasteiger partial charge in [0, 0.05) is 25.3 Å². The van der Waals surface area contributed by atoms with Crippen LogP contribution in [0.4, 0.5) is 0 Å². The van der Waals surface area contributed by atoms with Gasteiger partial charge in [-0.25, -0.2) is 0 Å². The Balaban J connectivity index is 1.42. The summed E-state index contributed by atoms with van der Waals surface area (Å²) in [4.78, 5) is 6.66. The fourth-order valence-corrected chi connectivity index (χ4v) is 3.87. The number of nitrogens with zero attached hydrogens (tertiary/aromatic N) is 2. The van der Waals surface area contributed by atoms with E-state index in [1.54, 1.807) is 19.5 Å². The zero-order valence-corrected chi connectivity index (χ0v) is 14.5. The first-order chi connectivity index (χ1) is 12.3. The van der Waals surface area contributed by atoms with Crippen LogP contribution in [0.2, 0.25) is 0 Å². The molecule has 1 saturated heterocycles. The van der Waals surface area contributed by atoms with Crippen LogP contribution in [0, 0.1) is 0 Å². The fraction of sp³-hybridized carbons (Fsp3) is 0.450. The molecule has 5 nitrogen and oxygen atoms in total. The third kappa shape index (κ3) is 3.62. The Morgan fingerprint density at radius 1 is 1.16 bits per heavy atom. The van der Waals surface area contributed by atoms with Crippen molar-refractivity contribution in [1.82, 2.24) is 9.88 Å². The normalized spacial score (nSPS) is 26.2. The summed E-state index contributed by atoms with van der Waals surface area (Å²) in [5.74, 6) is 1.72. The molecule has 2 heterocycles. The lowest BCUT2D eigenvalue weighted by Crippen LogP contribution is -2.51. The maximum Gasteiger partial charge on any atom is 0.138 e. The van der Waals surface area contributed by atoms with E-state index >= 15 is 0 Å². The Hall–Kier alpha value is -2.11. The van der Waals surface area contributed by atoms with Crippen molar-refractivity contribution in [2.45, 2.75) is 37.6 Å². The number of pyridine rings is 1. The minimum atomic E-state index is 0.105. The molecule has 0 unspecified atom stereocenters. The molecule has 1 aromatic carbocycles. The number of benzene rings is 1. The van der Waals surface area contributed by atoms with Gasteiger partial charge in [-0.05, 0) is 42.7 Å². The minimum absolute atomic E-state index is 0.105. The summed E-state index contributed by atoms with van der Waals surface area (Å²) < 4.78 is 17.5. The second kappa shape index (κ2) is 7.42. The van der Waals surface area contributed by atoms with Gasteiger partial charge < -0.3 is 14.2 Å². The number of methoxy groups -OCH3 is 1. The first kappa shape index (κ1) is 16.4. The number of ether oxygens (including phenoxy) is 3. The van der Waals surface area contributed by atoms with Gasteiger partial charge in [-0.15, -0.1) is 0 Å². The number of fused-ring (bicyclic) bond motifs is 1. The van der Waals surface area contributed by atoms with Crippen LogP contribution in [0.25, 0.3) is 0 Å². The SMILES string of the molecule is COc1ccc(CN2CCO[C@H]3[C@@H](Oc4cccnc4)CC[C@@H]32)cc1. The van der Waals surface area contributed by atoms with Crippen molar-refractivity contribution < 1.29 is 14.2 Å². The first-order valence-electron chi connectivity index (χ1n) is 8.89. The lowest BCUT2D eigenvalue weighted by atomic mass is 10.1. The highest BCUT2D eigenvalue weighted by atomic mass is 16.5. The first-order valence-corrected chi connectivity index (χ1v) is 8.89. The molecule has 4 rings (SSSR count). The lowest BCUT2D eigenvalue weighted by molar-refractivity contribution is -0.0916. The van der Waals surface area contributed by atoms with Crippen LogP contribution in [0.3, 0.4) is 0 Å². The van der Waals surface area contributed by atoms with Gasteiger partial charge in [0.15, 0.2) is 0 Å². The van der Waals surface area contributed by atoms with E-state index in [1.807, 2.05) is 24.3 Å². The molecule has 1 saturated carbocycles. The molecular formula is C20H24N2O3. The molecule has 0 spiro atoms. The highest BCUT2D eigenvalue weighted by Crippen LogP contribution is 2.33. The van der Waals surface area contributed by atoms with Crippen molar-refractivity contribution in [3.05, 3.63) is 54.4 Å². The Labute approximate surface area is 148 Å². The van der Waals surface area contributed by atoms with E-state index in [9.17, 15) is 0 Å². The Morgan fingerprint density at radius 2 is 2.04 bits per heavy atom. The van der Waals surface area contributed by atoms with E-state index in [4.69, 9.17) is 14.2 Å². The van der Waals surface area contributed by atoms with E-state index in [2.05, 4.69) is 22.0 Å². The molecule has 132 valence electrons. The molecule has 2 aromatic rings. The summed E-state index contributed by atoms with van der Waals surface area (Å²) in [5, 5.41) is 0. The number of aromatic nitrogens is 1. The van der Waals surface area contributed by atoms with Gasteiger partial charge in [-0.1, -0.05) is 12.1 Å². The average Bonchev–Trinajstić information content (AvgIpc) is 3.07.